The summed E-state index contributed by atoms with van der Waals surface area (Å²) in [5.41, 5.74) is 7.38. The van der Waals surface area contributed by atoms with Crippen molar-refractivity contribution >= 4 is 29.0 Å². The van der Waals surface area contributed by atoms with Crippen molar-refractivity contribution in [1.82, 2.24) is 30.1 Å². The molecule has 6 rings (SSSR count). The molecule has 0 radical (unpaired) electrons. The molecule has 10 heteroatoms. The Kier molecular flexibility index (Phi) is 5.20. The third kappa shape index (κ3) is 3.89. The van der Waals surface area contributed by atoms with Gasteiger partial charge in [0.15, 0.2) is 11.6 Å². The zero-order valence-electron chi connectivity index (χ0n) is 19.6. The highest BCUT2D eigenvalue weighted by Crippen LogP contribution is 2.40. The number of nitrogens with one attached hydrogen (secondary N) is 3. The summed E-state index contributed by atoms with van der Waals surface area (Å²) in [5, 5.41) is 19.0. The molecule has 3 fully saturated rings. The molecular weight excluding hydrogens is 430 g/mol. The summed E-state index contributed by atoms with van der Waals surface area (Å²) in [7, 11) is 0. The van der Waals surface area contributed by atoms with E-state index in [2.05, 4.69) is 31.8 Å². The summed E-state index contributed by atoms with van der Waals surface area (Å²) >= 11 is 0. The molecule has 0 unspecified atom stereocenters. The molecule has 0 spiro atoms. The first-order chi connectivity index (χ1) is 16.5. The summed E-state index contributed by atoms with van der Waals surface area (Å²) in [6, 6.07) is 6.43. The number of hydrogen-bond acceptors (Lipinski definition) is 7. The van der Waals surface area contributed by atoms with Crippen molar-refractivity contribution in [3.05, 3.63) is 30.1 Å². The van der Waals surface area contributed by atoms with Crippen LogP contribution in [0.1, 0.15) is 69.9 Å². The van der Waals surface area contributed by atoms with Crippen LogP contribution in [0.3, 0.4) is 0 Å². The van der Waals surface area contributed by atoms with Gasteiger partial charge in [0, 0.05) is 42.5 Å². The number of hydrogen-bond donors (Lipinski definition) is 4. The second kappa shape index (κ2) is 8.26. The Morgan fingerprint density at radius 1 is 1.24 bits per heavy atom. The lowest BCUT2D eigenvalue weighted by Gasteiger charge is -2.36. The Hall–Kier alpha value is -3.14. The highest BCUT2D eigenvalue weighted by atomic mass is 16.2. The average Bonchev–Trinajstić information content (AvgIpc) is 3.20. The minimum Gasteiger partial charge on any atom is -0.351 e. The quantitative estimate of drug-likeness (QED) is 0.442. The molecule has 1 amide bonds. The van der Waals surface area contributed by atoms with E-state index in [0.29, 0.717) is 17.7 Å². The molecule has 3 aliphatic rings. The summed E-state index contributed by atoms with van der Waals surface area (Å²) in [4.78, 5) is 20.4. The fraction of sp³-hybridized carbons (Fsp3) is 0.583. The van der Waals surface area contributed by atoms with E-state index in [1.54, 1.807) is 0 Å². The molecule has 5 N–H and O–H groups in total. The Bertz CT molecular complexity index is 1190. The van der Waals surface area contributed by atoms with Gasteiger partial charge in [-0.1, -0.05) is 0 Å². The molecule has 4 heterocycles. The number of H-pyrrole nitrogens is 1. The third-order valence-corrected chi connectivity index (χ3v) is 7.72. The van der Waals surface area contributed by atoms with Gasteiger partial charge in [-0.2, -0.15) is 10.1 Å². The predicted molar refractivity (Wildman–Crippen MR) is 130 cm³/mol. The maximum atomic E-state index is 13.5. The number of nitrogens with two attached hydrogens (primary N) is 1. The molecule has 3 aromatic heterocycles. The molecule has 3 aromatic rings. The van der Waals surface area contributed by atoms with Gasteiger partial charge in [-0.05, 0) is 70.4 Å². The Morgan fingerprint density at radius 2 is 2.06 bits per heavy atom. The van der Waals surface area contributed by atoms with Crippen LogP contribution in [0.4, 0.5) is 17.6 Å². The van der Waals surface area contributed by atoms with Gasteiger partial charge in [0.05, 0.1) is 0 Å². The van der Waals surface area contributed by atoms with Crippen LogP contribution in [0.25, 0.3) is 5.52 Å². The summed E-state index contributed by atoms with van der Waals surface area (Å²) < 4.78 is 1.82. The van der Waals surface area contributed by atoms with Crippen LogP contribution in [-0.2, 0) is 4.79 Å². The van der Waals surface area contributed by atoms with Crippen LogP contribution in [0, 0.1) is 0 Å². The topological polar surface area (TPSA) is 129 Å². The van der Waals surface area contributed by atoms with Crippen molar-refractivity contribution in [2.24, 2.45) is 5.73 Å². The van der Waals surface area contributed by atoms with Gasteiger partial charge in [0.25, 0.3) is 0 Å². The van der Waals surface area contributed by atoms with Crippen LogP contribution in [0.5, 0.6) is 0 Å². The Labute approximate surface area is 198 Å². The largest absolute Gasteiger partial charge is 0.351 e. The van der Waals surface area contributed by atoms with Gasteiger partial charge in [-0.15, -0.1) is 5.10 Å². The molecule has 34 heavy (non-hydrogen) atoms. The lowest BCUT2D eigenvalue weighted by Crippen LogP contribution is -2.57. The van der Waals surface area contributed by atoms with Crippen molar-refractivity contribution in [1.29, 1.82) is 0 Å². The molecule has 1 atom stereocenters. The first-order valence-electron chi connectivity index (χ1n) is 12.5. The molecule has 1 aliphatic heterocycles. The highest BCUT2D eigenvalue weighted by Gasteiger charge is 2.45. The number of aromatic nitrogens is 5. The van der Waals surface area contributed by atoms with E-state index in [4.69, 9.17) is 15.8 Å². The molecule has 2 saturated carbocycles. The maximum Gasteiger partial charge on any atom is 0.246 e. The second-order valence-corrected chi connectivity index (χ2v) is 10.3. The van der Waals surface area contributed by atoms with Gasteiger partial charge >= 0.3 is 0 Å². The molecule has 2 aliphatic carbocycles. The average molecular weight is 464 g/mol. The van der Waals surface area contributed by atoms with Gasteiger partial charge in [-0.25, -0.2) is 4.52 Å². The summed E-state index contributed by atoms with van der Waals surface area (Å²) in [6.45, 7) is 2.75. The van der Waals surface area contributed by atoms with Gasteiger partial charge in [-0.3, -0.25) is 9.89 Å². The number of carbonyl (C=O) groups excluding carboxylic acids is 1. The van der Waals surface area contributed by atoms with Crippen LogP contribution < -0.4 is 21.3 Å². The molecule has 0 bridgehead atoms. The number of aromatic amines is 1. The number of rotatable bonds is 6. The Morgan fingerprint density at radius 3 is 2.85 bits per heavy atom. The Balaban J connectivity index is 1.26. The number of nitrogens with zero attached hydrogens (tertiary/aromatic N) is 5. The molecule has 10 nitrogen and oxygen atoms in total. The lowest BCUT2D eigenvalue weighted by molar-refractivity contribution is -0.126. The smallest absolute Gasteiger partial charge is 0.246 e. The zero-order chi connectivity index (χ0) is 23.3. The molecule has 180 valence electrons. The maximum absolute atomic E-state index is 13.5. The monoisotopic (exact) mass is 463 g/mol. The number of anilines is 3. The van der Waals surface area contributed by atoms with E-state index in [1.807, 2.05) is 29.8 Å². The van der Waals surface area contributed by atoms with Crippen LogP contribution in [-0.4, -0.2) is 54.9 Å². The molecular formula is C24H33N9O. The van der Waals surface area contributed by atoms with Crippen LogP contribution >= 0.6 is 0 Å². The summed E-state index contributed by atoms with van der Waals surface area (Å²) in [6.07, 6.45) is 9.82. The van der Waals surface area contributed by atoms with Gasteiger partial charge in [0.2, 0.25) is 11.9 Å². The fourth-order valence-corrected chi connectivity index (χ4v) is 5.38. The normalized spacial score (nSPS) is 27.3. The fourth-order valence-electron chi connectivity index (χ4n) is 5.38. The van der Waals surface area contributed by atoms with E-state index in [0.717, 1.165) is 62.1 Å². The standard InChI is InChI=1S/C24H33N9O/c1-24(22(34)26-17-9-7-16(25)8-10-17)11-3-12-32(24)23-28-21(19-4-2-13-33(19)31-23)27-20-14-18(29-30-20)15-5-6-15/h2,4,13-17H,3,5-12,25H2,1H3,(H,26,34)(H2,27,28,29,30,31)/t16?,17?,24-/m0/s1. The van der Waals surface area contributed by atoms with Crippen LogP contribution in [0.2, 0.25) is 0 Å². The third-order valence-electron chi connectivity index (χ3n) is 7.72. The number of amides is 1. The number of fused-ring (bicyclic) bond motifs is 1. The molecule has 1 saturated heterocycles. The van der Waals surface area contributed by atoms with Crippen molar-refractivity contribution in [2.45, 2.75) is 81.8 Å². The lowest BCUT2D eigenvalue weighted by atomic mass is 9.90. The second-order valence-electron chi connectivity index (χ2n) is 10.3. The summed E-state index contributed by atoms with van der Waals surface area (Å²) in [5.74, 6) is 2.62. The molecule has 0 aromatic carbocycles. The van der Waals surface area contributed by atoms with Gasteiger partial charge < -0.3 is 21.3 Å². The highest BCUT2D eigenvalue weighted by molar-refractivity contribution is 5.90. The predicted octanol–water partition coefficient (Wildman–Crippen LogP) is 2.82. The number of carbonyl (C=O) groups is 1. The van der Waals surface area contributed by atoms with E-state index >= 15 is 0 Å². The van der Waals surface area contributed by atoms with E-state index in [9.17, 15) is 4.79 Å². The minimum atomic E-state index is -0.691. The minimum absolute atomic E-state index is 0.0533. The van der Waals surface area contributed by atoms with Crippen molar-refractivity contribution in [2.75, 3.05) is 16.8 Å². The van der Waals surface area contributed by atoms with E-state index in [-0.39, 0.29) is 18.0 Å². The van der Waals surface area contributed by atoms with E-state index < -0.39 is 5.54 Å². The van der Waals surface area contributed by atoms with Crippen molar-refractivity contribution in [3.8, 4) is 0 Å². The zero-order valence-corrected chi connectivity index (χ0v) is 19.6. The van der Waals surface area contributed by atoms with Gasteiger partial charge in [0.1, 0.15) is 11.1 Å². The SMILES string of the molecule is C[C@@]1(C(=O)NC2CCC(N)CC2)CCCN1c1nc(Nc2cc(C3CC3)[nH]n2)c2cccn2n1. The first-order valence-corrected chi connectivity index (χ1v) is 12.5. The van der Waals surface area contributed by atoms with E-state index in [1.165, 1.54) is 12.8 Å². The van der Waals surface area contributed by atoms with Crippen molar-refractivity contribution < 1.29 is 4.79 Å². The van der Waals surface area contributed by atoms with Crippen LogP contribution in [0.15, 0.2) is 24.4 Å². The first kappa shape index (κ1) is 21.4. The van der Waals surface area contributed by atoms with Crippen molar-refractivity contribution in [3.63, 3.8) is 0 Å².